The quantitative estimate of drug-likeness (QED) is 0.494. The minimum Gasteiger partial charge on any atom is -0.423 e. The second kappa shape index (κ2) is 7.39. The zero-order valence-electron chi connectivity index (χ0n) is 18.0. The third-order valence-corrected chi connectivity index (χ3v) is 6.97. The minimum atomic E-state index is -0.300. The molecule has 3 aliphatic rings. The lowest BCUT2D eigenvalue weighted by Gasteiger charge is -2.32. The van der Waals surface area contributed by atoms with E-state index >= 15 is 0 Å². The van der Waals surface area contributed by atoms with Crippen LogP contribution in [0.3, 0.4) is 0 Å². The van der Waals surface area contributed by atoms with Gasteiger partial charge in [0.05, 0.1) is 11.9 Å². The molecule has 33 heavy (non-hydrogen) atoms. The lowest BCUT2D eigenvalue weighted by Crippen LogP contribution is -2.41. The minimum absolute atomic E-state index is 0.210. The summed E-state index contributed by atoms with van der Waals surface area (Å²) in [5.74, 6) is 1.34. The number of piperidine rings is 1. The Labute approximate surface area is 190 Å². The topological polar surface area (TPSA) is 113 Å². The molecule has 3 N–H and O–H groups in total. The Bertz CT molecular complexity index is 1300. The predicted octanol–water partition coefficient (Wildman–Crippen LogP) is 3.21. The predicted molar refractivity (Wildman–Crippen MR) is 121 cm³/mol. The summed E-state index contributed by atoms with van der Waals surface area (Å²) in [5, 5.41) is 12.1. The SMILES string of the molecule is CNc1cc(F)cc2c1Cc1nc(Oc3ccc(C#N)nc3)nc(N3C[C@H]4C[C@@H]3C[C@H]4N)c1-2. The van der Waals surface area contributed by atoms with Gasteiger partial charge in [0.2, 0.25) is 0 Å². The molecule has 0 spiro atoms. The zero-order valence-corrected chi connectivity index (χ0v) is 18.0. The van der Waals surface area contributed by atoms with Gasteiger partial charge in [0.25, 0.3) is 0 Å². The Hall–Kier alpha value is -3.77. The Morgan fingerprint density at radius 2 is 2.15 bits per heavy atom. The van der Waals surface area contributed by atoms with Crippen molar-refractivity contribution in [3.05, 3.63) is 53.2 Å². The average molecular weight is 443 g/mol. The number of nitriles is 1. The van der Waals surface area contributed by atoms with Crippen LogP contribution in [0.1, 0.15) is 29.8 Å². The van der Waals surface area contributed by atoms with Gasteiger partial charge in [-0.3, -0.25) is 0 Å². The first-order valence-electron chi connectivity index (χ1n) is 11.0. The Morgan fingerprint density at radius 1 is 1.27 bits per heavy atom. The van der Waals surface area contributed by atoms with E-state index < -0.39 is 0 Å². The Morgan fingerprint density at radius 3 is 2.82 bits per heavy atom. The van der Waals surface area contributed by atoms with E-state index in [0.29, 0.717) is 29.8 Å². The molecule has 2 bridgehead atoms. The van der Waals surface area contributed by atoms with Crippen LogP contribution in [-0.4, -0.2) is 40.6 Å². The smallest absolute Gasteiger partial charge is 0.324 e. The van der Waals surface area contributed by atoms with Crippen molar-refractivity contribution in [1.82, 2.24) is 15.0 Å². The van der Waals surface area contributed by atoms with Gasteiger partial charge in [-0.1, -0.05) is 0 Å². The van der Waals surface area contributed by atoms with Crippen molar-refractivity contribution in [3.8, 4) is 29.0 Å². The number of halogens is 1. The molecule has 2 aliphatic carbocycles. The number of rotatable bonds is 4. The van der Waals surface area contributed by atoms with Gasteiger partial charge in [0.1, 0.15) is 29.1 Å². The van der Waals surface area contributed by atoms with Gasteiger partial charge in [-0.2, -0.15) is 15.2 Å². The number of hydrogen-bond donors (Lipinski definition) is 2. The first kappa shape index (κ1) is 19.9. The summed E-state index contributed by atoms with van der Waals surface area (Å²) in [4.78, 5) is 15.8. The van der Waals surface area contributed by atoms with Gasteiger partial charge in [-0.25, -0.2) is 9.37 Å². The number of nitrogens with two attached hydrogens (primary N) is 1. The van der Waals surface area contributed by atoms with Gasteiger partial charge in [-0.15, -0.1) is 0 Å². The highest BCUT2D eigenvalue weighted by Crippen LogP contribution is 2.48. The lowest BCUT2D eigenvalue weighted by atomic mass is 10.0. The highest BCUT2D eigenvalue weighted by molar-refractivity contribution is 5.88. The molecule has 1 aromatic carbocycles. The average Bonchev–Trinajstić information content (AvgIpc) is 3.50. The van der Waals surface area contributed by atoms with Crippen molar-refractivity contribution in [2.24, 2.45) is 11.7 Å². The van der Waals surface area contributed by atoms with Crippen molar-refractivity contribution in [1.29, 1.82) is 5.26 Å². The fourth-order valence-corrected chi connectivity index (χ4v) is 5.43. The van der Waals surface area contributed by atoms with Crippen LogP contribution in [-0.2, 0) is 6.42 Å². The number of ether oxygens (including phenoxy) is 1. The van der Waals surface area contributed by atoms with Gasteiger partial charge in [0, 0.05) is 43.3 Å². The highest BCUT2D eigenvalue weighted by atomic mass is 19.1. The normalized spacial score (nSPS) is 22.1. The molecule has 1 saturated carbocycles. The molecule has 3 atom stereocenters. The van der Waals surface area contributed by atoms with Crippen molar-refractivity contribution in [3.63, 3.8) is 0 Å². The van der Waals surface area contributed by atoms with E-state index in [-0.39, 0.29) is 17.9 Å². The number of nitrogens with one attached hydrogen (secondary N) is 1. The maximum atomic E-state index is 14.5. The summed E-state index contributed by atoms with van der Waals surface area (Å²) in [6.45, 7) is 0.816. The fourth-order valence-electron chi connectivity index (χ4n) is 5.43. The number of fused-ring (bicyclic) bond motifs is 5. The summed E-state index contributed by atoms with van der Waals surface area (Å²) in [6, 6.07) is 9.04. The number of nitrogens with zero attached hydrogens (tertiary/aromatic N) is 5. The van der Waals surface area contributed by atoms with Gasteiger partial charge in [0.15, 0.2) is 0 Å². The third kappa shape index (κ3) is 3.17. The molecular weight excluding hydrogens is 421 g/mol. The molecule has 6 rings (SSSR count). The summed E-state index contributed by atoms with van der Waals surface area (Å²) in [7, 11) is 1.79. The van der Waals surface area contributed by atoms with Crippen molar-refractivity contribution >= 4 is 11.5 Å². The van der Waals surface area contributed by atoms with Crippen LogP contribution in [0.5, 0.6) is 11.8 Å². The standard InChI is InChI=1S/C24H22FN7O/c1-28-20-6-13(25)5-18-17(20)8-21-22(18)23(32-11-12-4-15(32)7-19(12)27)31-24(30-21)33-16-3-2-14(9-26)29-10-16/h2-3,5-6,10,12,15,19,28H,4,7-8,11,27H2,1H3/t12-,15-,19-/m1/s1. The van der Waals surface area contributed by atoms with E-state index in [1.165, 1.54) is 12.3 Å². The molecule has 1 aliphatic heterocycles. The number of pyridine rings is 1. The number of benzene rings is 1. The third-order valence-electron chi connectivity index (χ3n) is 6.97. The highest BCUT2D eigenvalue weighted by Gasteiger charge is 2.45. The lowest BCUT2D eigenvalue weighted by molar-refractivity contribution is 0.434. The van der Waals surface area contributed by atoms with Gasteiger partial charge < -0.3 is 20.7 Å². The summed E-state index contributed by atoms with van der Waals surface area (Å²) in [6.07, 6.45) is 3.99. The van der Waals surface area contributed by atoms with E-state index in [4.69, 9.17) is 25.7 Å². The molecule has 166 valence electrons. The molecule has 3 heterocycles. The van der Waals surface area contributed by atoms with E-state index in [0.717, 1.165) is 53.3 Å². The molecule has 0 radical (unpaired) electrons. The van der Waals surface area contributed by atoms with Crippen LogP contribution in [0, 0.1) is 23.1 Å². The molecular formula is C24H22FN7O. The van der Waals surface area contributed by atoms with Crippen molar-refractivity contribution in [2.75, 3.05) is 23.8 Å². The molecule has 8 nitrogen and oxygen atoms in total. The monoisotopic (exact) mass is 443 g/mol. The van der Waals surface area contributed by atoms with E-state index in [1.54, 1.807) is 25.2 Å². The zero-order chi connectivity index (χ0) is 22.7. The molecule has 0 unspecified atom stereocenters. The molecule has 1 saturated heterocycles. The molecule has 3 aromatic rings. The van der Waals surface area contributed by atoms with Crippen LogP contribution in [0.25, 0.3) is 11.1 Å². The van der Waals surface area contributed by atoms with Crippen LogP contribution in [0.2, 0.25) is 0 Å². The summed E-state index contributed by atoms with van der Waals surface area (Å²) in [5.41, 5.74) is 10.8. The maximum absolute atomic E-state index is 14.5. The largest absolute Gasteiger partial charge is 0.423 e. The van der Waals surface area contributed by atoms with E-state index in [1.807, 2.05) is 6.07 Å². The van der Waals surface area contributed by atoms with Crippen LogP contribution < -0.4 is 20.7 Å². The maximum Gasteiger partial charge on any atom is 0.324 e. The van der Waals surface area contributed by atoms with Crippen LogP contribution in [0.4, 0.5) is 15.9 Å². The summed E-state index contributed by atoms with van der Waals surface area (Å²) < 4.78 is 20.4. The van der Waals surface area contributed by atoms with Crippen molar-refractivity contribution in [2.45, 2.75) is 31.3 Å². The van der Waals surface area contributed by atoms with Crippen LogP contribution in [0.15, 0.2) is 30.5 Å². The van der Waals surface area contributed by atoms with Crippen LogP contribution >= 0.6 is 0 Å². The summed E-state index contributed by atoms with van der Waals surface area (Å²) >= 11 is 0. The molecule has 0 amide bonds. The second-order valence-corrected chi connectivity index (χ2v) is 8.85. The first-order valence-corrected chi connectivity index (χ1v) is 11.0. The molecule has 2 fully saturated rings. The second-order valence-electron chi connectivity index (χ2n) is 8.85. The number of anilines is 2. The number of hydrogen-bond acceptors (Lipinski definition) is 8. The number of aromatic nitrogens is 3. The fraction of sp³-hybridized carbons (Fsp3) is 0.333. The van der Waals surface area contributed by atoms with Gasteiger partial charge in [-0.05, 0) is 54.2 Å². The molecule has 2 aromatic heterocycles. The molecule has 9 heteroatoms. The van der Waals surface area contributed by atoms with Crippen molar-refractivity contribution < 1.29 is 9.13 Å². The van der Waals surface area contributed by atoms with Gasteiger partial charge >= 0.3 is 6.01 Å². The Balaban J connectivity index is 1.46. The first-order chi connectivity index (χ1) is 16.0. The Kier molecular flexibility index (Phi) is 4.45. The van der Waals surface area contributed by atoms with E-state index in [9.17, 15) is 4.39 Å². The van der Waals surface area contributed by atoms with E-state index in [2.05, 4.69) is 15.2 Å².